The summed E-state index contributed by atoms with van der Waals surface area (Å²) in [6, 6.07) is 11.1. The van der Waals surface area contributed by atoms with Crippen molar-refractivity contribution in [2.24, 2.45) is 5.92 Å². The Balaban J connectivity index is 0.00000341. The molecular weight excluding hydrogens is 487 g/mol. The van der Waals surface area contributed by atoms with Gasteiger partial charge in [-0.1, -0.05) is 29.7 Å². The molecule has 1 aromatic heterocycles. The quantitative estimate of drug-likeness (QED) is 0.202. The van der Waals surface area contributed by atoms with Crippen LogP contribution in [-0.4, -0.2) is 52.2 Å². The van der Waals surface area contributed by atoms with E-state index in [0.29, 0.717) is 17.6 Å². The fourth-order valence-corrected chi connectivity index (χ4v) is 4.28. The van der Waals surface area contributed by atoms with Crippen molar-refractivity contribution in [1.29, 1.82) is 0 Å². The molecule has 9 heteroatoms. The van der Waals surface area contributed by atoms with Crippen LogP contribution < -0.4 is 14.9 Å². The summed E-state index contributed by atoms with van der Waals surface area (Å²) in [5, 5.41) is 21.7. The number of nitrogens with zero attached hydrogens (tertiary/aromatic N) is 3. The average molecular weight is 520 g/mol. The minimum Gasteiger partial charge on any atom is -0.493 e. The molecule has 1 fully saturated rings. The summed E-state index contributed by atoms with van der Waals surface area (Å²) in [4.78, 5) is 10.7. The molecule has 1 aliphatic heterocycles. The van der Waals surface area contributed by atoms with E-state index in [-0.39, 0.29) is 45.2 Å². The molecule has 1 aliphatic rings. The van der Waals surface area contributed by atoms with Gasteiger partial charge in [0.25, 0.3) is 0 Å². The number of rotatable bonds is 11. The average Bonchev–Trinajstić information content (AvgIpc) is 2.73. The minimum absolute atomic E-state index is 0. The number of aliphatic hydroxyl groups excluding tert-OH is 1. The van der Waals surface area contributed by atoms with Crippen LogP contribution >= 0.6 is 11.9 Å². The first-order valence-electron chi connectivity index (χ1n) is 10.7. The number of piperidine rings is 1. The molecule has 1 aromatic carbocycles. The van der Waals surface area contributed by atoms with E-state index in [2.05, 4.69) is 37.0 Å². The van der Waals surface area contributed by atoms with Gasteiger partial charge in [0.05, 0.1) is 6.61 Å². The number of unbranched alkanes of at least 4 members (excludes halogenated alkanes) is 1. The standard InChI is InChI=1S/C22H32N5O2S.Y/c1-17-14-21(29)25-22(24-17)23-10-3-2-6-18-7-5-11-27(16-18)20-9-4-8-19(15-20)26-30-13-12-28;/h4,8,14-15,18,26,28H,2-3,5-7,10-13,16H2,1H3,(H2,23,24,25,29);/q-1;. The van der Waals surface area contributed by atoms with Crippen molar-refractivity contribution < 1.29 is 42.9 Å². The predicted molar refractivity (Wildman–Crippen MR) is 124 cm³/mol. The number of aromatic nitrogens is 2. The van der Waals surface area contributed by atoms with Crippen LogP contribution in [0.3, 0.4) is 0 Å². The molecule has 7 nitrogen and oxygen atoms in total. The molecule has 31 heavy (non-hydrogen) atoms. The van der Waals surface area contributed by atoms with Crippen molar-refractivity contribution >= 4 is 29.3 Å². The van der Waals surface area contributed by atoms with Gasteiger partial charge in [0, 0.05) is 69.9 Å². The maximum absolute atomic E-state index is 9.54. The van der Waals surface area contributed by atoms with Crippen molar-refractivity contribution in [3.63, 3.8) is 0 Å². The van der Waals surface area contributed by atoms with Gasteiger partial charge in [-0.15, -0.1) is 12.1 Å². The zero-order valence-electron chi connectivity index (χ0n) is 18.2. The molecule has 0 amide bonds. The minimum atomic E-state index is 0. The van der Waals surface area contributed by atoms with E-state index in [1.165, 1.54) is 31.2 Å². The Kier molecular flexibility index (Phi) is 11.9. The Labute approximate surface area is 214 Å². The monoisotopic (exact) mass is 519 g/mol. The molecule has 1 unspecified atom stereocenters. The summed E-state index contributed by atoms with van der Waals surface area (Å²) < 4.78 is 3.28. The number of aliphatic hydroxyl groups is 1. The number of benzene rings is 1. The fraction of sp³-hybridized carbons (Fsp3) is 0.545. The summed E-state index contributed by atoms with van der Waals surface area (Å²) in [7, 11) is 0. The second kappa shape index (κ2) is 14.1. The van der Waals surface area contributed by atoms with E-state index in [9.17, 15) is 5.11 Å². The van der Waals surface area contributed by atoms with E-state index in [1.54, 1.807) is 6.07 Å². The first-order valence-corrected chi connectivity index (χ1v) is 11.7. The van der Waals surface area contributed by atoms with E-state index in [0.717, 1.165) is 49.5 Å². The van der Waals surface area contributed by atoms with Gasteiger partial charge in [0.1, 0.15) is 0 Å². The third kappa shape index (κ3) is 9.12. The van der Waals surface area contributed by atoms with E-state index in [1.807, 2.05) is 19.1 Å². The van der Waals surface area contributed by atoms with E-state index >= 15 is 0 Å². The molecule has 1 atom stereocenters. The van der Waals surface area contributed by atoms with Crippen LogP contribution in [0.1, 0.15) is 37.8 Å². The molecule has 167 valence electrons. The summed E-state index contributed by atoms with van der Waals surface area (Å²) in [6.07, 6.45) is 5.92. The van der Waals surface area contributed by atoms with E-state index < -0.39 is 0 Å². The smallest absolute Gasteiger partial charge is 0.226 e. The van der Waals surface area contributed by atoms with Crippen LogP contribution in [0.15, 0.2) is 24.3 Å². The summed E-state index contributed by atoms with van der Waals surface area (Å²) in [5.74, 6) is 1.88. The molecule has 0 aliphatic carbocycles. The number of anilines is 3. The van der Waals surface area contributed by atoms with E-state index in [4.69, 9.17) is 5.11 Å². The van der Waals surface area contributed by atoms with Gasteiger partial charge in [-0.3, -0.25) is 0 Å². The summed E-state index contributed by atoms with van der Waals surface area (Å²) in [5.41, 5.74) is 2.96. The van der Waals surface area contributed by atoms with Crippen LogP contribution in [-0.2, 0) is 32.7 Å². The number of hydrogen-bond acceptors (Lipinski definition) is 8. The van der Waals surface area contributed by atoms with Gasteiger partial charge in [0.15, 0.2) is 0 Å². The predicted octanol–water partition coefficient (Wildman–Crippen LogP) is 3.84. The number of nitrogens with one attached hydrogen (secondary N) is 2. The third-order valence-corrected chi connectivity index (χ3v) is 5.96. The first kappa shape index (κ1) is 26.2. The second-order valence-electron chi connectivity index (χ2n) is 7.70. The van der Waals surface area contributed by atoms with Crippen molar-refractivity contribution in [3.8, 4) is 5.88 Å². The van der Waals surface area contributed by atoms with Crippen LogP contribution in [0.25, 0.3) is 0 Å². The van der Waals surface area contributed by atoms with Crippen molar-refractivity contribution in [3.05, 3.63) is 36.0 Å². The zero-order chi connectivity index (χ0) is 21.2. The molecule has 1 radical (unpaired) electrons. The van der Waals surface area contributed by atoms with Gasteiger partial charge in [-0.05, 0) is 38.5 Å². The molecule has 4 N–H and O–H groups in total. The molecule has 2 heterocycles. The Hall–Kier alpha value is -1.09. The Morgan fingerprint density at radius 3 is 2.97 bits per heavy atom. The third-order valence-electron chi connectivity index (χ3n) is 5.19. The molecule has 0 saturated carbocycles. The zero-order valence-corrected chi connectivity index (χ0v) is 21.8. The topological polar surface area (TPSA) is 93.5 Å². The molecular formula is C22H32N5O2SY-. The maximum Gasteiger partial charge on any atom is 0.226 e. The van der Waals surface area contributed by atoms with Crippen LogP contribution in [0.5, 0.6) is 5.88 Å². The van der Waals surface area contributed by atoms with Crippen molar-refractivity contribution in [2.45, 2.75) is 39.0 Å². The van der Waals surface area contributed by atoms with Crippen molar-refractivity contribution in [2.75, 3.05) is 46.9 Å². The maximum atomic E-state index is 9.54. The van der Waals surface area contributed by atoms with Crippen LogP contribution in [0.4, 0.5) is 17.3 Å². The van der Waals surface area contributed by atoms with Crippen molar-refractivity contribution in [1.82, 2.24) is 9.97 Å². The van der Waals surface area contributed by atoms with Gasteiger partial charge in [0.2, 0.25) is 11.8 Å². The number of aromatic hydroxyl groups is 1. The Morgan fingerprint density at radius 1 is 1.29 bits per heavy atom. The van der Waals surface area contributed by atoms with Gasteiger partial charge in [-0.2, -0.15) is 17.1 Å². The molecule has 3 rings (SSSR count). The Morgan fingerprint density at radius 2 is 2.16 bits per heavy atom. The number of hydrogen-bond donors (Lipinski definition) is 4. The van der Waals surface area contributed by atoms with Gasteiger partial charge in [-0.25, -0.2) is 4.98 Å². The van der Waals surface area contributed by atoms with Crippen LogP contribution in [0, 0.1) is 18.9 Å². The van der Waals surface area contributed by atoms with Gasteiger partial charge >= 0.3 is 0 Å². The van der Waals surface area contributed by atoms with Gasteiger partial charge < -0.3 is 25.2 Å². The number of aryl methyl sites for hydroxylation is 1. The SMILES string of the molecule is Cc1cc(O)nc(NCCCCC2CCCN(c3[c-]ccc(NSCCO)c3)C2)n1.[Y]. The van der Waals surface area contributed by atoms with Crippen LogP contribution in [0.2, 0.25) is 0 Å². The largest absolute Gasteiger partial charge is 0.493 e. The molecule has 0 bridgehead atoms. The normalized spacial score (nSPS) is 15.9. The molecule has 1 saturated heterocycles. The fourth-order valence-electron chi connectivity index (χ4n) is 3.79. The first-order chi connectivity index (χ1) is 14.6. The molecule has 2 aromatic rings. The molecule has 0 spiro atoms. The summed E-state index contributed by atoms with van der Waals surface area (Å²) >= 11 is 1.52. The summed E-state index contributed by atoms with van der Waals surface area (Å²) in [6.45, 7) is 4.99. The second-order valence-corrected chi connectivity index (χ2v) is 8.61. The Bertz CT molecular complexity index is 778.